The van der Waals surface area contributed by atoms with Crippen LogP contribution in [0.1, 0.15) is 40.0 Å². The van der Waals surface area contributed by atoms with Crippen LogP contribution in [-0.2, 0) is 9.53 Å². The Morgan fingerprint density at radius 2 is 2.05 bits per heavy atom. The molecule has 5 nitrogen and oxygen atoms in total. The van der Waals surface area contributed by atoms with E-state index in [-0.39, 0.29) is 12.0 Å². The summed E-state index contributed by atoms with van der Waals surface area (Å²) in [4.78, 5) is 17.3. The average molecular weight is 297 g/mol. The average Bonchev–Trinajstić information content (AvgIpc) is 2.76. The van der Waals surface area contributed by atoms with Gasteiger partial charge in [-0.3, -0.25) is 19.9 Å². The second-order valence-electron chi connectivity index (χ2n) is 7.04. The van der Waals surface area contributed by atoms with E-state index in [1.54, 1.807) is 0 Å². The number of nitrogens with one attached hydrogen (secondary N) is 1. The molecule has 0 radical (unpaired) electrons. The Labute approximate surface area is 129 Å². The number of hydrogen-bond acceptors (Lipinski definition) is 5. The number of hydrogen-bond donors (Lipinski definition) is 1. The van der Waals surface area contributed by atoms with Gasteiger partial charge >= 0.3 is 5.97 Å². The van der Waals surface area contributed by atoms with Crippen LogP contribution in [0, 0.1) is 0 Å². The molecule has 0 aromatic heterocycles. The molecule has 2 rings (SSSR count). The minimum Gasteiger partial charge on any atom is -0.468 e. The number of ether oxygens (including phenoxy) is 1. The second kappa shape index (κ2) is 7.07. The second-order valence-corrected chi connectivity index (χ2v) is 7.04. The molecule has 2 atom stereocenters. The molecular weight excluding hydrogens is 266 g/mol. The zero-order valence-corrected chi connectivity index (χ0v) is 14.0. The highest BCUT2D eigenvalue weighted by Crippen LogP contribution is 2.22. The molecule has 2 aliphatic heterocycles. The van der Waals surface area contributed by atoms with Crippen molar-refractivity contribution < 1.29 is 9.53 Å². The molecule has 0 saturated carbocycles. The van der Waals surface area contributed by atoms with E-state index in [1.807, 2.05) is 6.92 Å². The van der Waals surface area contributed by atoms with E-state index in [1.165, 1.54) is 39.5 Å². The molecule has 0 amide bonds. The van der Waals surface area contributed by atoms with Gasteiger partial charge < -0.3 is 4.74 Å². The Morgan fingerprint density at radius 3 is 2.71 bits per heavy atom. The molecule has 0 aromatic rings. The van der Waals surface area contributed by atoms with Gasteiger partial charge in [0.05, 0.1) is 7.11 Å². The molecule has 2 fully saturated rings. The van der Waals surface area contributed by atoms with Gasteiger partial charge in [0.25, 0.3) is 0 Å². The van der Waals surface area contributed by atoms with Gasteiger partial charge in [-0.15, -0.1) is 0 Å². The smallest absolute Gasteiger partial charge is 0.327 e. The number of carbonyl (C=O) groups is 1. The fourth-order valence-corrected chi connectivity index (χ4v) is 3.91. The fraction of sp³-hybridized carbons (Fsp3) is 0.938. The summed E-state index contributed by atoms with van der Waals surface area (Å²) in [5, 5.41) is 3.40. The molecular formula is C16H31N3O2. The van der Waals surface area contributed by atoms with Crippen LogP contribution in [0.4, 0.5) is 0 Å². The number of fused-ring (bicyclic) bond motifs is 1. The van der Waals surface area contributed by atoms with Crippen molar-refractivity contribution in [3.05, 3.63) is 0 Å². The third-order valence-electron chi connectivity index (χ3n) is 4.67. The Balaban J connectivity index is 2.03. The van der Waals surface area contributed by atoms with Crippen molar-refractivity contribution in [2.45, 2.75) is 57.7 Å². The van der Waals surface area contributed by atoms with Gasteiger partial charge in [0.1, 0.15) is 5.54 Å². The van der Waals surface area contributed by atoms with Crippen LogP contribution in [0.3, 0.4) is 0 Å². The summed E-state index contributed by atoms with van der Waals surface area (Å²) in [6.07, 6.45) is 3.80. The summed E-state index contributed by atoms with van der Waals surface area (Å²) in [6.45, 7) is 11.4. The monoisotopic (exact) mass is 297 g/mol. The van der Waals surface area contributed by atoms with Crippen LogP contribution in [0.15, 0.2) is 0 Å². The van der Waals surface area contributed by atoms with E-state index < -0.39 is 5.54 Å². The number of esters is 1. The molecule has 2 saturated heterocycles. The normalized spacial score (nSPS) is 27.2. The minimum atomic E-state index is -0.628. The van der Waals surface area contributed by atoms with Crippen LogP contribution in [0.5, 0.6) is 0 Å². The van der Waals surface area contributed by atoms with E-state index in [9.17, 15) is 4.79 Å². The number of nitrogens with zero attached hydrogens (tertiary/aromatic N) is 2. The third-order valence-corrected chi connectivity index (χ3v) is 4.67. The lowest BCUT2D eigenvalue weighted by molar-refractivity contribution is -0.149. The van der Waals surface area contributed by atoms with E-state index in [0.29, 0.717) is 6.04 Å². The van der Waals surface area contributed by atoms with Crippen LogP contribution < -0.4 is 5.32 Å². The first kappa shape index (κ1) is 16.7. The summed E-state index contributed by atoms with van der Waals surface area (Å²) in [5.74, 6) is -0.163. The maximum Gasteiger partial charge on any atom is 0.327 e. The van der Waals surface area contributed by atoms with E-state index >= 15 is 0 Å². The highest BCUT2D eigenvalue weighted by atomic mass is 16.5. The first-order chi connectivity index (χ1) is 9.94. The topological polar surface area (TPSA) is 44.8 Å². The summed E-state index contributed by atoms with van der Waals surface area (Å²) in [7, 11) is 1.48. The van der Waals surface area contributed by atoms with Gasteiger partial charge in [0.15, 0.2) is 0 Å². The van der Waals surface area contributed by atoms with Crippen LogP contribution in [0.25, 0.3) is 0 Å². The maximum atomic E-state index is 12.2. The van der Waals surface area contributed by atoms with Crippen molar-refractivity contribution in [2.24, 2.45) is 0 Å². The van der Waals surface area contributed by atoms with Crippen molar-refractivity contribution in [2.75, 3.05) is 39.8 Å². The minimum absolute atomic E-state index is 0.163. The molecule has 21 heavy (non-hydrogen) atoms. The SMILES string of the molecule is COC(=O)C(C)(CN1CCCN2CCCC2C1)NC(C)C. The lowest BCUT2D eigenvalue weighted by Crippen LogP contribution is -2.60. The first-order valence-corrected chi connectivity index (χ1v) is 8.27. The summed E-state index contributed by atoms with van der Waals surface area (Å²) in [5.41, 5.74) is -0.628. The highest BCUT2D eigenvalue weighted by molar-refractivity contribution is 5.80. The molecule has 5 heteroatoms. The largest absolute Gasteiger partial charge is 0.468 e. The van der Waals surface area contributed by atoms with Crippen molar-refractivity contribution in [1.29, 1.82) is 0 Å². The third kappa shape index (κ3) is 4.18. The van der Waals surface area contributed by atoms with Crippen molar-refractivity contribution in [1.82, 2.24) is 15.1 Å². The van der Waals surface area contributed by atoms with Crippen molar-refractivity contribution in [3.8, 4) is 0 Å². The number of rotatable bonds is 5. The molecule has 0 aromatic carbocycles. The molecule has 2 aliphatic rings. The molecule has 2 unspecified atom stereocenters. The van der Waals surface area contributed by atoms with Gasteiger partial charge in [-0.05, 0) is 59.7 Å². The predicted octanol–water partition coefficient (Wildman–Crippen LogP) is 1.09. The lowest BCUT2D eigenvalue weighted by atomic mass is 10.00. The Bertz CT molecular complexity index is 361. The van der Waals surface area contributed by atoms with Crippen LogP contribution in [-0.4, -0.2) is 73.2 Å². The van der Waals surface area contributed by atoms with Gasteiger partial charge in [-0.2, -0.15) is 0 Å². The Morgan fingerprint density at radius 1 is 1.33 bits per heavy atom. The number of methoxy groups -OCH3 is 1. The van der Waals surface area contributed by atoms with Gasteiger partial charge in [0, 0.05) is 25.2 Å². The van der Waals surface area contributed by atoms with Gasteiger partial charge in [0.2, 0.25) is 0 Å². The lowest BCUT2D eigenvalue weighted by Gasteiger charge is -2.36. The molecule has 2 heterocycles. The van der Waals surface area contributed by atoms with Crippen LogP contribution in [0.2, 0.25) is 0 Å². The molecule has 122 valence electrons. The van der Waals surface area contributed by atoms with Crippen molar-refractivity contribution >= 4 is 5.97 Å². The molecule has 0 aliphatic carbocycles. The zero-order chi connectivity index (χ0) is 15.5. The highest BCUT2D eigenvalue weighted by Gasteiger charge is 2.38. The van der Waals surface area contributed by atoms with Crippen molar-refractivity contribution in [3.63, 3.8) is 0 Å². The first-order valence-electron chi connectivity index (χ1n) is 8.27. The fourth-order valence-electron chi connectivity index (χ4n) is 3.91. The van der Waals surface area contributed by atoms with E-state index in [2.05, 4.69) is 29.0 Å². The summed E-state index contributed by atoms with van der Waals surface area (Å²) in [6, 6.07) is 0.928. The molecule has 1 N–H and O–H groups in total. The maximum absolute atomic E-state index is 12.2. The molecule has 0 spiro atoms. The number of carbonyl (C=O) groups excluding carboxylic acids is 1. The van der Waals surface area contributed by atoms with E-state index in [0.717, 1.165) is 19.6 Å². The summed E-state index contributed by atoms with van der Waals surface area (Å²) >= 11 is 0. The summed E-state index contributed by atoms with van der Waals surface area (Å²) < 4.78 is 5.04. The molecule has 0 bridgehead atoms. The predicted molar refractivity (Wildman–Crippen MR) is 84.3 cm³/mol. The zero-order valence-electron chi connectivity index (χ0n) is 14.0. The van der Waals surface area contributed by atoms with Gasteiger partial charge in [-0.1, -0.05) is 0 Å². The van der Waals surface area contributed by atoms with Gasteiger partial charge in [-0.25, -0.2) is 0 Å². The van der Waals surface area contributed by atoms with Crippen LogP contribution >= 0.6 is 0 Å². The standard InChI is InChI=1S/C16H31N3O2/c1-13(2)17-16(3,15(20)21-4)12-18-8-6-10-19-9-5-7-14(19)11-18/h13-14,17H,5-12H2,1-4H3. The van der Waals surface area contributed by atoms with E-state index in [4.69, 9.17) is 4.74 Å². The quantitative estimate of drug-likeness (QED) is 0.770. The Kier molecular flexibility index (Phi) is 5.63. The Hall–Kier alpha value is -0.650.